The monoisotopic (exact) mass is 312 g/mol. The van der Waals surface area contributed by atoms with Crippen LogP contribution in [0, 0.1) is 0 Å². The van der Waals surface area contributed by atoms with Gasteiger partial charge in [0.15, 0.2) is 0 Å². The van der Waals surface area contributed by atoms with Crippen molar-refractivity contribution in [3.8, 4) is 0 Å². The van der Waals surface area contributed by atoms with Gasteiger partial charge in [-0.05, 0) is 65.5 Å². The smallest absolute Gasteiger partial charge is 0.223 e. The molecule has 0 bridgehead atoms. The van der Waals surface area contributed by atoms with Crippen LogP contribution in [0.3, 0.4) is 0 Å². The van der Waals surface area contributed by atoms with E-state index in [1.807, 2.05) is 41.5 Å². The molecule has 0 heterocycles. The van der Waals surface area contributed by atoms with E-state index < -0.39 is 17.0 Å². The molecule has 1 fully saturated rings. The molecule has 0 amide bonds. The summed E-state index contributed by atoms with van der Waals surface area (Å²) in [4.78, 5) is 22.7. The SMILES string of the molecule is C=C(C)C(C)(C)OOC1(OOC(C)(C)C(=C)C)CCCCC1. The van der Waals surface area contributed by atoms with Crippen LogP contribution in [0.4, 0.5) is 0 Å². The van der Waals surface area contributed by atoms with Crippen LogP contribution < -0.4 is 0 Å². The molecular formula is C18H32O4. The molecule has 0 saturated heterocycles. The highest BCUT2D eigenvalue weighted by Crippen LogP contribution is 2.36. The Labute approximate surface area is 135 Å². The van der Waals surface area contributed by atoms with Crippen molar-refractivity contribution in [1.29, 1.82) is 0 Å². The fourth-order valence-corrected chi connectivity index (χ4v) is 1.77. The number of hydrogen-bond acceptors (Lipinski definition) is 4. The molecular weight excluding hydrogens is 280 g/mol. The lowest BCUT2D eigenvalue weighted by atomic mass is 9.94. The topological polar surface area (TPSA) is 36.9 Å². The van der Waals surface area contributed by atoms with Crippen LogP contribution in [0.5, 0.6) is 0 Å². The van der Waals surface area contributed by atoms with Gasteiger partial charge in [0.2, 0.25) is 5.79 Å². The van der Waals surface area contributed by atoms with E-state index in [-0.39, 0.29) is 0 Å². The third kappa shape index (κ3) is 5.20. The average Bonchev–Trinajstić information content (AvgIpc) is 2.44. The van der Waals surface area contributed by atoms with Gasteiger partial charge in [-0.2, -0.15) is 9.78 Å². The van der Waals surface area contributed by atoms with Gasteiger partial charge in [-0.25, -0.2) is 9.78 Å². The van der Waals surface area contributed by atoms with Gasteiger partial charge in [-0.15, -0.1) is 0 Å². The molecule has 0 N–H and O–H groups in total. The minimum absolute atomic E-state index is 0.572. The predicted octanol–water partition coefficient (Wildman–Crippen LogP) is 5.25. The van der Waals surface area contributed by atoms with E-state index in [9.17, 15) is 0 Å². The van der Waals surface area contributed by atoms with Crippen LogP contribution in [0.1, 0.15) is 73.6 Å². The second kappa shape index (κ2) is 7.26. The first-order chi connectivity index (χ1) is 10.0. The Hall–Kier alpha value is -0.680. The first kappa shape index (κ1) is 19.4. The molecule has 4 heteroatoms. The number of rotatable bonds is 8. The van der Waals surface area contributed by atoms with Crippen molar-refractivity contribution in [1.82, 2.24) is 0 Å². The fraction of sp³-hybridized carbons (Fsp3) is 0.778. The standard InChI is InChI=1S/C18H32O4/c1-14(2)16(5,6)19-21-18(12-10-9-11-13-18)22-20-17(7,8)15(3)4/h1,3,9-13H2,2,4-8H3. The summed E-state index contributed by atoms with van der Waals surface area (Å²) in [6, 6.07) is 0. The molecule has 0 spiro atoms. The maximum absolute atomic E-state index is 5.73. The lowest BCUT2D eigenvalue weighted by Gasteiger charge is -2.38. The maximum atomic E-state index is 5.73. The summed E-state index contributed by atoms with van der Waals surface area (Å²) in [7, 11) is 0. The summed E-state index contributed by atoms with van der Waals surface area (Å²) in [6.07, 6.45) is 4.70. The Morgan fingerprint density at radius 1 is 0.773 bits per heavy atom. The van der Waals surface area contributed by atoms with Gasteiger partial charge in [0.05, 0.1) is 0 Å². The van der Waals surface area contributed by atoms with E-state index in [0.717, 1.165) is 36.8 Å². The molecule has 0 atom stereocenters. The zero-order valence-electron chi connectivity index (χ0n) is 15.1. The Balaban J connectivity index is 2.74. The Kier molecular flexibility index (Phi) is 6.39. The third-order valence-corrected chi connectivity index (χ3v) is 4.47. The summed E-state index contributed by atoms with van der Waals surface area (Å²) in [6.45, 7) is 19.4. The van der Waals surface area contributed by atoms with Gasteiger partial charge >= 0.3 is 0 Å². The summed E-state index contributed by atoms with van der Waals surface area (Å²) < 4.78 is 0. The van der Waals surface area contributed by atoms with Crippen molar-refractivity contribution in [2.24, 2.45) is 0 Å². The molecule has 1 rings (SSSR count). The van der Waals surface area contributed by atoms with Crippen LogP contribution in [-0.4, -0.2) is 17.0 Å². The van der Waals surface area contributed by atoms with Crippen LogP contribution >= 0.6 is 0 Å². The van der Waals surface area contributed by atoms with Gasteiger partial charge in [0.25, 0.3) is 0 Å². The predicted molar refractivity (Wildman–Crippen MR) is 87.9 cm³/mol. The fourth-order valence-electron chi connectivity index (χ4n) is 1.77. The lowest BCUT2D eigenvalue weighted by molar-refractivity contribution is -0.542. The zero-order valence-corrected chi connectivity index (χ0v) is 15.1. The van der Waals surface area contributed by atoms with E-state index in [1.54, 1.807) is 0 Å². The molecule has 0 aromatic carbocycles. The first-order valence-corrected chi connectivity index (χ1v) is 8.06. The second-order valence-corrected chi connectivity index (χ2v) is 7.39. The number of hydrogen-bond donors (Lipinski definition) is 0. The van der Waals surface area contributed by atoms with Gasteiger partial charge in [-0.1, -0.05) is 19.6 Å². The van der Waals surface area contributed by atoms with E-state index in [2.05, 4.69) is 13.2 Å². The molecule has 0 aliphatic heterocycles. The van der Waals surface area contributed by atoms with E-state index in [1.165, 1.54) is 6.42 Å². The van der Waals surface area contributed by atoms with Crippen LogP contribution in [0.25, 0.3) is 0 Å². The van der Waals surface area contributed by atoms with Crippen LogP contribution in [0.2, 0.25) is 0 Å². The molecule has 0 unspecified atom stereocenters. The van der Waals surface area contributed by atoms with Gasteiger partial charge in [-0.3, -0.25) is 0 Å². The van der Waals surface area contributed by atoms with Crippen molar-refractivity contribution in [2.45, 2.75) is 90.6 Å². The molecule has 0 aromatic rings. The summed E-state index contributed by atoms with van der Waals surface area (Å²) in [5.74, 6) is -0.863. The molecule has 1 aliphatic carbocycles. The highest BCUT2D eigenvalue weighted by Gasteiger charge is 2.41. The van der Waals surface area contributed by atoms with Crippen molar-refractivity contribution in [3.05, 3.63) is 24.3 Å². The van der Waals surface area contributed by atoms with Crippen molar-refractivity contribution in [2.75, 3.05) is 0 Å². The Bertz CT molecular complexity index is 371. The average molecular weight is 312 g/mol. The molecule has 4 nitrogen and oxygen atoms in total. The molecule has 128 valence electrons. The van der Waals surface area contributed by atoms with Gasteiger partial charge < -0.3 is 0 Å². The third-order valence-electron chi connectivity index (χ3n) is 4.47. The Morgan fingerprint density at radius 2 is 1.14 bits per heavy atom. The zero-order chi connectivity index (χ0) is 17.0. The minimum atomic E-state index is -0.863. The van der Waals surface area contributed by atoms with E-state index in [4.69, 9.17) is 19.6 Å². The molecule has 0 aromatic heterocycles. The summed E-state index contributed by atoms with van der Waals surface area (Å²) in [5, 5.41) is 0. The molecule has 1 aliphatic rings. The summed E-state index contributed by atoms with van der Waals surface area (Å²) >= 11 is 0. The highest BCUT2D eigenvalue weighted by molar-refractivity contribution is 5.05. The molecule has 0 radical (unpaired) electrons. The molecule has 1 saturated carbocycles. The van der Waals surface area contributed by atoms with Crippen LogP contribution in [0.15, 0.2) is 24.3 Å². The highest BCUT2D eigenvalue weighted by atomic mass is 17.3. The van der Waals surface area contributed by atoms with Crippen molar-refractivity contribution < 1.29 is 19.6 Å². The quantitative estimate of drug-likeness (QED) is 0.265. The second-order valence-electron chi connectivity index (χ2n) is 7.39. The molecule has 22 heavy (non-hydrogen) atoms. The van der Waals surface area contributed by atoms with E-state index >= 15 is 0 Å². The maximum Gasteiger partial charge on any atom is 0.234 e. The van der Waals surface area contributed by atoms with Crippen molar-refractivity contribution >= 4 is 0 Å². The minimum Gasteiger partial charge on any atom is -0.223 e. The van der Waals surface area contributed by atoms with Crippen molar-refractivity contribution in [3.63, 3.8) is 0 Å². The van der Waals surface area contributed by atoms with Gasteiger partial charge in [0, 0.05) is 12.8 Å². The van der Waals surface area contributed by atoms with Gasteiger partial charge in [0.1, 0.15) is 11.2 Å². The Morgan fingerprint density at radius 3 is 1.45 bits per heavy atom. The van der Waals surface area contributed by atoms with Crippen LogP contribution in [-0.2, 0) is 19.6 Å². The largest absolute Gasteiger partial charge is 0.234 e. The van der Waals surface area contributed by atoms with E-state index in [0.29, 0.717) is 0 Å². The lowest BCUT2D eigenvalue weighted by Crippen LogP contribution is -2.43. The first-order valence-electron chi connectivity index (χ1n) is 8.06. The summed E-state index contributed by atoms with van der Waals surface area (Å²) in [5.41, 5.74) is 0.637. The normalized spacial score (nSPS) is 19.0.